The van der Waals surface area contributed by atoms with Gasteiger partial charge in [0.2, 0.25) is 15.9 Å². The average molecular weight is 456 g/mol. The van der Waals surface area contributed by atoms with Crippen molar-refractivity contribution < 1.29 is 18.0 Å². The first-order valence-corrected chi connectivity index (χ1v) is 12.7. The van der Waals surface area contributed by atoms with E-state index in [9.17, 15) is 18.0 Å². The number of nitrogens with one attached hydrogen (secondary N) is 1. The molecule has 0 saturated carbocycles. The predicted molar refractivity (Wildman–Crippen MR) is 123 cm³/mol. The molecular weight excluding hydrogens is 426 g/mol. The summed E-state index contributed by atoms with van der Waals surface area (Å²) in [5.41, 5.74) is 2.22. The van der Waals surface area contributed by atoms with E-state index in [1.54, 1.807) is 21.3 Å². The molecule has 0 aromatic heterocycles. The molecule has 0 atom stereocenters. The van der Waals surface area contributed by atoms with Crippen LogP contribution >= 0.6 is 0 Å². The lowest BCUT2D eigenvalue weighted by molar-refractivity contribution is -0.117. The van der Waals surface area contributed by atoms with Gasteiger partial charge in [0.15, 0.2) is 0 Å². The molecule has 2 saturated heterocycles. The van der Waals surface area contributed by atoms with Gasteiger partial charge in [-0.1, -0.05) is 25.0 Å². The lowest BCUT2D eigenvalue weighted by Crippen LogP contribution is -2.32. The first-order chi connectivity index (χ1) is 15.4. The van der Waals surface area contributed by atoms with Crippen molar-refractivity contribution in [1.82, 2.24) is 9.62 Å². The molecule has 0 spiro atoms. The minimum Gasteiger partial charge on any atom is -0.348 e. The zero-order chi connectivity index (χ0) is 22.6. The molecule has 2 aromatic rings. The first-order valence-electron chi connectivity index (χ1n) is 11.2. The van der Waals surface area contributed by atoms with Gasteiger partial charge in [0, 0.05) is 43.9 Å². The molecule has 0 unspecified atom stereocenters. The van der Waals surface area contributed by atoms with E-state index < -0.39 is 10.0 Å². The highest BCUT2D eigenvalue weighted by molar-refractivity contribution is 7.89. The maximum absolute atomic E-state index is 12.9. The lowest BCUT2D eigenvalue weighted by atomic mass is 10.1. The van der Waals surface area contributed by atoms with E-state index in [-0.39, 0.29) is 16.7 Å². The number of carbonyl (C=O) groups excluding carboxylic acids is 2. The summed E-state index contributed by atoms with van der Waals surface area (Å²) >= 11 is 0. The molecule has 0 radical (unpaired) electrons. The van der Waals surface area contributed by atoms with Crippen molar-refractivity contribution in [3.8, 4) is 0 Å². The third-order valence-electron chi connectivity index (χ3n) is 6.09. The number of hydrogen-bond acceptors (Lipinski definition) is 4. The topological polar surface area (TPSA) is 86.8 Å². The molecule has 7 nitrogen and oxygen atoms in total. The Hall–Kier alpha value is -2.71. The normalized spacial score (nSPS) is 17.9. The predicted octanol–water partition coefficient (Wildman–Crippen LogP) is 3.31. The number of nitrogens with zero attached hydrogens (tertiary/aromatic N) is 2. The van der Waals surface area contributed by atoms with Gasteiger partial charge in [-0.3, -0.25) is 9.59 Å². The molecule has 2 fully saturated rings. The fourth-order valence-corrected chi connectivity index (χ4v) is 5.73. The Kier molecular flexibility index (Phi) is 6.91. The molecule has 32 heavy (non-hydrogen) atoms. The van der Waals surface area contributed by atoms with Crippen LogP contribution in [0.4, 0.5) is 5.69 Å². The number of amides is 2. The summed E-state index contributed by atoms with van der Waals surface area (Å²) in [6.07, 6.45) is 5.36. The fourth-order valence-electron chi connectivity index (χ4n) is 4.21. The van der Waals surface area contributed by atoms with Crippen molar-refractivity contribution in [2.45, 2.75) is 50.0 Å². The largest absolute Gasteiger partial charge is 0.348 e. The smallest absolute Gasteiger partial charge is 0.251 e. The maximum atomic E-state index is 12.9. The Bertz CT molecular complexity index is 1060. The van der Waals surface area contributed by atoms with E-state index in [2.05, 4.69) is 5.32 Å². The van der Waals surface area contributed by atoms with Gasteiger partial charge in [-0.25, -0.2) is 8.42 Å². The zero-order valence-corrected chi connectivity index (χ0v) is 18.9. The van der Waals surface area contributed by atoms with Crippen molar-refractivity contribution in [1.29, 1.82) is 0 Å². The second-order valence-corrected chi connectivity index (χ2v) is 10.3. The van der Waals surface area contributed by atoms with E-state index >= 15 is 0 Å². The van der Waals surface area contributed by atoms with Crippen LogP contribution < -0.4 is 10.2 Å². The number of rotatable bonds is 6. The summed E-state index contributed by atoms with van der Waals surface area (Å²) in [7, 11) is -3.52. The quantitative estimate of drug-likeness (QED) is 0.724. The minimum absolute atomic E-state index is 0.146. The van der Waals surface area contributed by atoms with Crippen molar-refractivity contribution in [2.24, 2.45) is 0 Å². The first kappa shape index (κ1) is 22.5. The van der Waals surface area contributed by atoms with Crippen LogP contribution in [0.25, 0.3) is 0 Å². The highest BCUT2D eigenvalue weighted by Crippen LogP contribution is 2.22. The standard InChI is InChI=1S/C24H29N3O4S/c28-23-6-5-17-27(23)21-11-7-19(8-12-21)18-25-24(29)20-9-13-22(14-10-20)32(30,31)26-15-3-1-2-4-16-26/h7-14H,1-6,15-18H2,(H,25,29). The molecule has 2 aromatic carbocycles. The lowest BCUT2D eigenvalue weighted by Gasteiger charge is -2.20. The fraction of sp³-hybridized carbons (Fsp3) is 0.417. The van der Waals surface area contributed by atoms with Gasteiger partial charge < -0.3 is 10.2 Å². The molecule has 0 aliphatic carbocycles. The van der Waals surface area contributed by atoms with E-state index in [4.69, 9.17) is 0 Å². The summed E-state index contributed by atoms with van der Waals surface area (Å²) < 4.78 is 27.3. The molecule has 170 valence electrons. The Balaban J connectivity index is 1.35. The number of benzene rings is 2. The maximum Gasteiger partial charge on any atom is 0.251 e. The van der Waals surface area contributed by atoms with Crippen molar-refractivity contribution in [2.75, 3.05) is 24.5 Å². The van der Waals surface area contributed by atoms with E-state index in [0.717, 1.165) is 49.9 Å². The molecule has 4 rings (SSSR count). The summed E-state index contributed by atoms with van der Waals surface area (Å²) in [6, 6.07) is 13.7. The van der Waals surface area contributed by atoms with Crippen LogP contribution in [0.15, 0.2) is 53.4 Å². The van der Waals surface area contributed by atoms with E-state index in [0.29, 0.717) is 31.6 Å². The highest BCUT2D eigenvalue weighted by Gasteiger charge is 2.25. The molecule has 2 aliphatic heterocycles. The molecule has 1 N–H and O–H groups in total. The van der Waals surface area contributed by atoms with Crippen LogP contribution in [0.1, 0.15) is 54.4 Å². The van der Waals surface area contributed by atoms with E-state index in [1.165, 1.54) is 12.1 Å². The molecule has 2 aliphatic rings. The van der Waals surface area contributed by atoms with Crippen LogP contribution in [0.2, 0.25) is 0 Å². The Morgan fingerprint density at radius 1 is 0.844 bits per heavy atom. The van der Waals surface area contributed by atoms with Gasteiger partial charge in [0.25, 0.3) is 5.91 Å². The van der Waals surface area contributed by atoms with Crippen LogP contribution in [-0.2, 0) is 21.4 Å². The van der Waals surface area contributed by atoms with Gasteiger partial charge in [0.05, 0.1) is 4.90 Å². The molecule has 2 heterocycles. The molecular formula is C24H29N3O4S. The van der Waals surface area contributed by atoms with Crippen LogP contribution in [-0.4, -0.2) is 44.2 Å². The van der Waals surface area contributed by atoms with Gasteiger partial charge in [-0.2, -0.15) is 4.31 Å². The second kappa shape index (κ2) is 9.83. The zero-order valence-electron chi connectivity index (χ0n) is 18.1. The van der Waals surface area contributed by atoms with Crippen molar-refractivity contribution in [3.05, 3.63) is 59.7 Å². The molecule has 2 amide bonds. The minimum atomic E-state index is -3.52. The highest BCUT2D eigenvalue weighted by atomic mass is 32.2. The second-order valence-electron chi connectivity index (χ2n) is 8.34. The SMILES string of the molecule is O=C(NCc1ccc(N2CCCC2=O)cc1)c1ccc(S(=O)(=O)N2CCCCCC2)cc1. The van der Waals surface area contributed by atoms with Gasteiger partial charge in [-0.05, 0) is 61.2 Å². The molecule has 0 bridgehead atoms. The monoisotopic (exact) mass is 455 g/mol. The number of carbonyl (C=O) groups is 2. The van der Waals surface area contributed by atoms with Crippen molar-refractivity contribution in [3.63, 3.8) is 0 Å². The van der Waals surface area contributed by atoms with Gasteiger partial charge in [0.1, 0.15) is 0 Å². The Labute approximate surface area is 189 Å². The van der Waals surface area contributed by atoms with E-state index in [1.807, 2.05) is 24.3 Å². The number of sulfonamides is 1. The number of anilines is 1. The Morgan fingerprint density at radius 3 is 2.09 bits per heavy atom. The van der Waals surface area contributed by atoms with Crippen molar-refractivity contribution >= 4 is 27.5 Å². The third-order valence-corrected chi connectivity index (χ3v) is 8.01. The van der Waals surface area contributed by atoms with Gasteiger partial charge >= 0.3 is 0 Å². The van der Waals surface area contributed by atoms with Crippen LogP contribution in [0.5, 0.6) is 0 Å². The average Bonchev–Trinajstić information content (AvgIpc) is 3.05. The third kappa shape index (κ3) is 5.02. The molecule has 8 heteroatoms. The summed E-state index contributed by atoms with van der Waals surface area (Å²) in [5.74, 6) is -0.116. The van der Waals surface area contributed by atoms with Gasteiger partial charge in [-0.15, -0.1) is 0 Å². The van der Waals surface area contributed by atoms with Crippen LogP contribution in [0.3, 0.4) is 0 Å². The number of hydrogen-bond donors (Lipinski definition) is 1. The summed E-state index contributed by atoms with van der Waals surface area (Å²) in [5, 5.41) is 2.86. The Morgan fingerprint density at radius 2 is 1.50 bits per heavy atom. The van der Waals surface area contributed by atoms with Crippen LogP contribution in [0, 0.1) is 0 Å². The summed E-state index contributed by atoms with van der Waals surface area (Å²) in [4.78, 5) is 26.4. The summed E-state index contributed by atoms with van der Waals surface area (Å²) in [6.45, 7) is 2.20.